The number of fused-ring (bicyclic) bond motifs is 1. The van der Waals surface area contributed by atoms with Gasteiger partial charge in [0, 0.05) is 18.5 Å². The van der Waals surface area contributed by atoms with Crippen molar-refractivity contribution in [1.82, 2.24) is 25.1 Å². The van der Waals surface area contributed by atoms with E-state index in [1.54, 1.807) is 4.52 Å². The first-order chi connectivity index (χ1) is 10.7. The van der Waals surface area contributed by atoms with Crippen LogP contribution in [0.3, 0.4) is 0 Å². The average Bonchev–Trinajstić information content (AvgIpc) is 3.09. The first kappa shape index (κ1) is 14.6. The van der Waals surface area contributed by atoms with Gasteiger partial charge in [0.15, 0.2) is 5.82 Å². The van der Waals surface area contributed by atoms with Gasteiger partial charge < -0.3 is 5.32 Å². The lowest BCUT2D eigenvalue weighted by Gasteiger charge is -2.05. The highest BCUT2D eigenvalue weighted by atomic mass is 32.1. The number of hydrogen-bond acceptors (Lipinski definition) is 5. The van der Waals surface area contributed by atoms with E-state index in [2.05, 4.69) is 20.6 Å². The Kier molecular flexibility index (Phi) is 4.15. The summed E-state index contributed by atoms with van der Waals surface area (Å²) in [5.74, 6) is 0.878. The molecule has 1 aromatic carbocycles. The molecule has 2 heterocycles. The minimum atomic E-state index is 0.0932. The Labute approximate surface area is 132 Å². The molecular weight excluding hydrogens is 298 g/mol. The Morgan fingerprint density at radius 3 is 2.73 bits per heavy atom. The van der Waals surface area contributed by atoms with E-state index in [4.69, 9.17) is 0 Å². The van der Waals surface area contributed by atoms with Gasteiger partial charge in [0.25, 0.3) is 0 Å². The van der Waals surface area contributed by atoms with Crippen LogP contribution in [0.5, 0.6) is 0 Å². The summed E-state index contributed by atoms with van der Waals surface area (Å²) in [5.41, 5.74) is 2.12. The van der Waals surface area contributed by atoms with Crippen molar-refractivity contribution < 1.29 is 4.79 Å². The molecule has 114 valence electrons. The minimum absolute atomic E-state index is 0.0932. The molecule has 0 aliphatic carbocycles. The van der Waals surface area contributed by atoms with Gasteiger partial charge in [-0.3, -0.25) is 4.79 Å². The van der Waals surface area contributed by atoms with Crippen molar-refractivity contribution in [3.05, 3.63) is 35.7 Å². The highest BCUT2D eigenvalue weighted by Crippen LogP contribution is 2.25. The maximum absolute atomic E-state index is 11.5. The minimum Gasteiger partial charge on any atom is -0.352 e. The van der Waals surface area contributed by atoms with Crippen LogP contribution in [0.4, 0.5) is 0 Å². The maximum Gasteiger partial charge on any atom is 0.234 e. The Morgan fingerprint density at radius 2 is 2.05 bits per heavy atom. The number of hydrogen-bond donors (Lipinski definition) is 1. The van der Waals surface area contributed by atoms with Crippen molar-refractivity contribution in [2.24, 2.45) is 0 Å². The quantitative estimate of drug-likeness (QED) is 0.785. The molecule has 0 fully saturated rings. The lowest BCUT2D eigenvalue weighted by Crippen LogP contribution is -2.21. The summed E-state index contributed by atoms with van der Waals surface area (Å²) in [6.45, 7) is 4.44. The predicted molar refractivity (Wildman–Crippen MR) is 85.6 cm³/mol. The fourth-order valence-corrected chi connectivity index (χ4v) is 3.00. The van der Waals surface area contributed by atoms with Crippen LogP contribution in [0.15, 0.2) is 24.3 Å². The van der Waals surface area contributed by atoms with Crippen LogP contribution in [0.25, 0.3) is 15.5 Å². The fourth-order valence-electron chi connectivity index (χ4n) is 2.11. The number of nitrogens with zero attached hydrogens (tertiary/aromatic N) is 4. The number of nitrogens with one attached hydrogen (secondary N) is 1. The molecule has 0 saturated heterocycles. The highest BCUT2D eigenvalue weighted by molar-refractivity contribution is 7.19. The van der Waals surface area contributed by atoms with Gasteiger partial charge in [0.2, 0.25) is 10.9 Å². The molecule has 2 aromatic heterocycles. The van der Waals surface area contributed by atoms with Crippen molar-refractivity contribution in [2.45, 2.75) is 33.2 Å². The van der Waals surface area contributed by atoms with Crippen molar-refractivity contribution >= 4 is 22.2 Å². The van der Waals surface area contributed by atoms with Crippen molar-refractivity contribution in [3.8, 4) is 10.6 Å². The van der Waals surface area contributed by atoms with Crippen molar-refractivity contribution in [2.75, 3.05) is 0 Å². The van der Waals surface area contributed by atoms with Crippen LogP contribution in [0.1, 0.15) is 31.2 Å². The smallest absolute Gasteiger partial charge is 0.234 e. The molecule has 1 N–H and O–H groups in total. The Bertz CT molecular complexity index is 790. The predicted octanol–water partition coefficient (Wildman–Crippen LogP) is 2.58. The highest BCUT2D eigenvalue weighted by Gasteiger charge is 2.10. The standard InChI is InChI=1S/C15H17N5OS/c1-3-4-13(21)16-9-11-5-7-12(8-6-11)14-19-20-10(2)17-18-15(20)22-14/h5-8H,3-4,9H2,1-2H3,(H,16,21). The molecule has 0 aliphatic heterocycles. The van der Waals surface area contributed by atoms with Gasteiger partial charge >= 0.3 is 0 Å². The van der Waals surface area contributed by atoms with E-state index in [9.17, 15) is 4.79 Å². The van der Waals surface area contributed by atoms with Gasteiger partial charge in [-0.2, -0.15) is 9.61 Å². The van der Waals surface area contributed by atoms with Gasteiger partial charge in [-0.15, -0.1) is 10.2 Å². The van der Waals surface area contributed by atoms with Crippen LogP contribution in [-0.4, -0.2) is 25.7 Å². The molecule has 6 nitrogen and oxygen atoms in total. The second kappa shape index (κ2) is 6.23. The maximum atomic E-state index is 11.5. The first-order valence-corrected chi connectivity index (χ1v) is 8.04. The number of carbonyl (C=O) groups is 1. The Balaban J connectivity index is 1.72. The zero-order chi connectivity index (χ0) is 15.5. The normalized spacial score (nSPS) is 11.0. The van der Waals surface area contributed by atoms with Crippen LogP contribution in [-0.2, 0) is 11.3 Å². The van der Waals surface area contributed by atoms with Gasteiger partial charge in [-0.25, -0.2) is 0 Å². The van der Waals surface area contributed by atoms with E-state index in [1.807, 2.05) is 38.1 Å². The molecule has 22 heavy (non-hydrogen) atoms. The van der Waals surface area contributed by atoms with Crippen LogP contribution >= 0.6 is 11.3 Å². The number of carbonyl (C=O) groups excluding carboxylic acids is 1. The average molecular weight is 315 g/mol. The van der Waals surface area contributed by atoms with Gasteiger partial charge in [0.05, 0.1) is 0 Å². The van der Waals surface area contributed by atoms with Gasteiger partial charge in [-0.05, 0) is 18.9 Å². The molecule has 7 heteroatoms. The molecule has 0 atom stereocenters. The lowest BCUT2D eigenvalue weighted by atomic mass is 10.1. The largest absolute Gasteiger partial charge is 0.352 e. The summed E-state index contributed by atoms with van der Waals surface area (Å²) in [5, 5.41) is 16.4. The third-order valence-corrected chi connectivity index (χ3v) is 4.26. The summed E-state index contributed by atoms with van der Waals surface area (Å²) in [7, 11) is 0. The second-order valence-corrected chi connectivity index (χ2v) is 6.03. The van der Waals surface area contributed by atoms with E-state index in [0.717, 1.165) is 33.3 Å². The topological polar surface area (TPSA) is 72.2 Å². The van der Waals surface area contributed by atoms with Crippen molar-refractivity contribution in [3.63, 3.8) is 0 Å². The monoisotopic (exact) mass is 315 g/mol. The summed E-state index contributed by atoms with van der Waals surface area (Å²) >= 11 is 1.51. The number of rotatable bonds is 5. The summed E-state index contributed by atoms with van der Waals surface area (Å²) in [6.07, 6.45) is 1.44. The molecule has 3 rings (SSSR count). The molecule has 0 radical (unpaired) electrons. The lowest BCUT2D eigenvalue weighted by molar-refractivity contribution is -0.121. The molecule has 3 aromatic rings. The molecule has 0 spiro atoms. The summed E-state index contributed by atoms with van der Waals surface area (Å²) < 4.78 is 1.75. The molecule has 0 saturated carbocycles. The van der Waals surface area contributed by atoms with E-state index < -0.39 is 0 Å². The summed E-state index contributed by atoms with van der Waals surface area (Å²) in [4.78, 5) is 12.3. The van der Waals surface area contributed by atoms with Gasteiger partial charge in [0.1, 0.15) is 5.01 Å². The molecule has 0 bridgehead atoms. The first-order valence-electron chi connectivity index (χ1n) is 7.22. The van der Waals surface area contributed by atoms with E-state index in [1.165, 1.54) is 11.3 Å². The number of amides is 1. The second-order valence-electron chi connectivity index (χ2n) is 5.07. The van der Waals surface area contributed by atoms with E-state index in [-0.39, 0.29) is 5.91 Å². The summed E-state index contributed by atoms with van der Waals surface area (Å²) in [6, 6.07) is 8.05. The molecular formula is C15H17N5OS. The third-order valence-electron chi connectivity index (χ3n) is 3.31. The fraction of sp³-hybridized carbons (Fsp3) is 0.333. The zero-order valence-electron chi connectivity index (χ0n) is 12.5. The van der Waals surface area contributed by atoms with Crippen LogP contribution < -0.4 is 5.32 Å². The van der Waals surface area contributed by atoms with E-state index in [0.29, 0.717) is 13.0 Å². The third kappa shape index (κ3) is 2.99. The number of benzene rings is 1. The van der Waals surface area contributed by atoms with Crippen LogP contribution in [0, 0.1) is 6.92 Å². The van der Waals surface area contributed by atoms with E-state index >= 15 is 0 Å². The van der Waals surface area contributed by atoms with Crippen molar-refractivity contribution in [1.29, 1.82) is 0 Å². The SMILES string of the molecule is CCCC(=O)NCc1ccc(-c2nn3c(C)nnc3s2)cc1. The Hall–Kier alpha value is -2.28. The molecule has 1 amide bonds. The molecule has 0 unspecified atom stereocenters. The Morgan fingerprint density at radius 1 is 1.27 bits per heavy atom. The zero-order valence-corrected chi connectivity index (χ0v) is 13.4. The molecule has 0 aliphatic rings. The van der Waals surface area contributed by atoms with Crippen LogP contribution in [0.2, 0.25) is 0 Å². The number of aryl methyl sites for hydroxylation is 1. The van der Waals surface area contributed by atoms with Gasteiger partial charge in [-0.1, -0.05) is 42.5 Å². The number of aromatic nitrogens is 4.